The molecule has 2 aromatic heterocycles. The highest BCUT2D eigenvalue weighted by molar-refractivity contribution is 9.10. The average Bonchev–Trinajstić information content (AvgIpc) is 2.89. The molecule has 1 atom stereocenters. The lowest BCUT2D eigenvalue weighted by atomic mass is 9.84. The van der Waals surface area contributed by atoms with Gasteiger partial charge >= 0.3 is 0 Å². The molecule has 3 fully saturated rings. The van der Waals surface area contributed by atoms with Crippen LogP contribution in [0.25, 0.3) is 11.0 Å². The molecule has 3 aliphatic rings. The Bertz CT molecular complexity index is 691. The van der Waals surface area contributed by atoms with Gasteiger partial charge in [-0.3, -0.25) is 4.79 Å². The number of hydrogen-bond donors (Lipinski definition) is 1. The maximum Gasteiger partial charge on any atom is 0.270 e. The van der Waals surface area contributed by atoms with Gasteiger partial charge in [-0.2, -0.15) is 0 Å². The van der Waals surface area contributed by atoms with Gasteiger partial charge in [-0.1, -0.05) is 0 Å². The molecule has 5 rings (SSSR count). The quantitative estimate of drug-likeness (QED) is 0.904. The number of piperidine rings is 3. The van der Waals surface area contributed by atoms with Gasteiger partial charge in [0.1, 0.15) is 12.0 Å². The Morgan fingerprint density at radius 1 is 1.43 bits per heavy atom. The molecule has 110 valence electrons. The van der Waals surface area contributed by atoms with E-state index in [0.717, 1.165) is 16.4 Å². The second kappa shape index (κ2) is 5.10. The van der Waals surface area contributed by atoms with E-state index in [1.54, 1.807) is 18.5 Å². The van der Waals surface area contributed by atoms with Crippen LogP contribution in [0.3, 0.4) is 0 Å². The molecule has 3 saturated heterocycles. The maximum absolute atomic E-state index is 12.4. The van der Waals surface area contributed by atoms with Gasteiger partial charge in [0, 0.05) is 18.0 Å². The molecule has 5 heterocycles. The first-order valence-electron chi connectivity index (χ1n) is 7.26. The minimum atomic E-state index is -0.0938. The van der Waals surface area contributed by atoms with Crippen LogP contribution in [0.4, 0.5) is 0 Å². The Labute approximate surface area is 130 Å². The molecular formula is C15H16BrN3O2. The molecule has 1 amide bonds. The van der Waals surface area contributed by atoms with E-state index in [1.165, 1.54) is 25.9 Å². The van der Waals surface area contributed by atoms with Gasteiger partial charge in [0.2, 0.25) is 0 Å². The Morgan fingerprint density at radius 2 is 2.24 bits per heavy atom. The second-order valence-corrected chi connectivity index (χ2v) is 6.72. The summed E-state index contributed by atoms with van der Waals surface area (Å²) in [4.78, 5) is 19.1. The van der Waals surface area contributed by atoms with Crippen molar-refractivity contribution in [1.82, 2.24) is 15.2 Å². The second-order valence-electron chi connectivity index (χ2n) is 5.87. The number of nitrogens with one attached hydrogen (secondary N) is 1. The molecule has 0 aromatic carbocycles. The largest absolute Gasteiger partial charge is 0.461 e. The van der Waals surface area contributed by atoms with E-state index in [2.05, 4.69) is 31.1 Å². The van der Waals surface area contributed by atoms with Crippen LogP contribution in [0.5, 0.6) is 0 Å². The number of rotatable bonds is 2. The summed E-state index contributed by atoms with van der Waals surface area (Å²) in [5.74, 6) is 0.520. The summed E-state index contributed by atoms with van der Waals surface area (Å²) in [5.41, 5.74) is 1.13. The molecule has 6 heteroatoms. The fourth-order valence-electron chi connectivity index (χ4n) is 3.40. The minimum absolute atomic E-state index is 0.0938. The van der Waals surface area contributed by atoms with Crippen molar-refractivity contribution in [1.29, 1.82) is 0 Å². The van der Waals surface area contributed by atoms with Crippen LogP contribution < -0.4 is 5.32 Å². The van der Waals surface area contributed by atoms with Crippen molar-refractivity contribution >= 4 is 32.8 Å². The number of carbonyl (C=O) groups is 1. The van der Waals surface area contributed by atoms with E-state index in [4.69, 9.17) is 4.42 Å². The lowest BCUT2D eigenvalue weighted by Crippen LogP contribution is -2.57. The highest BCUT2D eigenvalue weighted by Gasteiger charge is 2.35. The highest BCUT2D eigenvalue weighted by Crippen LogP contribution is 2.28. The van der Waals surface area contributed by atoms with Crippen LogP contribution in [0.1, 0.15) is 23.3 Å². The van der Waals surface area contributed by atoms with Gasteiger partial charge in [-0.15, -0.1) is 0 Å². The van der Waals surface area contributed by atoms with Crippen molar-refractivity contribution in [3.8, 4) is 0 Å². The Hall–Kier alpha value is -1.40. The molecule has 3 aliphatic heterocycles. The molecule has 0 saturated carbocycles. The third-order valence-electron chi connectivity index (χ3n) is 4.62. The zero-order chi connectivity index (χ0) is 14.4. The molecule has 0 aliphatic carbocycles. The normalized spacial score (nSPS) is 28.0. The summed E-state index contributed by atoms with van der Waals surface area (Å²) in [7, 11) is 0. The fraction of sp³-hybridized carbons (Fsp3) is 0.467. The number of halogens is 1. The molecule has 0 unspecified atom stereocenters. The van der Waals surface area contributed by atoms with E-state index in [9.17, 15) is 4.79 Å². The van der Waals surface area contributed by atoms with E-state index >= 15 is 0 Å². The first kappa shape index (κ1) is 13.3. The Morgan fingerprint density at radius 3 is 2.95 bits per heavy atom. The molecule has 5 nitrogen and oxygen atoms in total. The number of carbonyl (C=O) groups excluding carboxylic acids is 1. The van der Waals surface area contributed by atoms with Crippen LogP contribution >= 0.6 is 15.9 Å². The summed E-state index contributed by atoms with van der Waals surface area (Å²) in [6.07, 6.45) is 5.59. The van der Waals surface area contributed by atoms with Crippen molar-refractivity contribution < 1.29 is 9.21 Å². The predicted octanol–water partition coefficient (Wildman–Crippen LogP) is 2.41. The maximum atomic E-state index is 12.4. The third-order valence-corrected chi connectivity index (χ3v) is 5.23. The lowest BCUT2D eigenvalue weighted by molar-refractivity contribution is 0.0618. The zero-order valence-electron chi connectivity index (χ0n) is 11.5. The molecule has 0 spiro atoms. The minimum Gasteiger partial charge on any atom is -0.461 e. The summed E-state index contributed by atoms with van der Waals surface area (Å²) >= 11 is 3.42. The molecule has 2 aromatic rings. The van der Waals surface area contributed by atoms with Crippen molar-refractivity contribution in [2.45, 2.75) is 18.9 Å². The smallest absolute Gasteiger partial charge is 0.270 e. The number of amides is 1. The number of pyridine rings is 1. The van der Waals surface area contributed by atoms with Crippen LogP contribution in [0.15, 0.2) is 27.4 Å². The van der Waals surface area contributed by atoms with E-state index < -0.39 is 0 Å². The van der Waals surface area contributed by atoms with Crippen molar-refractivity contribution in [2.75, 3.05) is 19.6 Å². The third kappa shape index (κ3) is 2.36. The Balaban J connectivity index is 1.54. The number of nitrogens with zero attached hydrogens (tertiary/aromatic N) is 2. The molecule has 0 radical (unpaired) electrons. The lowest BCUT2D eigenvalue weighted by Gasteiger charge is -2.44. The van der Waals surface area contributed by atoms with Gasteiger partial charge in [0.05, 0.1) is 10.7 Å². The number of aromatic nitrogens is 1. The monoisotopic (exact) mass is 349 g/mol. The predicted molar refractivity (Wildman–Crippen MR) is 82.1 cm³/mol. The topological polar surface area (TPSA) is 58.4 Å². The van der Waals surface area contributed by atoms with Crippen LogP contribution in [0.2, 0.25) is 0 Å². The van der Waals surface area contributed by atoms with Crippen molar-refractivity contribution in [3.63, 3.8) is 0 Å². The standard InChI is InChI=1S/C15H16BrN3O2/c16-11-8-21-14-6-17-12(5-10(11)14)15(20)18-13-7-19-3-1-9(13)2-4-19/h5-6,8-9,13H,1-4,7H2,(H,18,20)/t13-/m0/s1. The molecule has 21 heavy (non-hydrogen) atoms. The summed E-state index contributed by atoms with van der Waals surface area (Å²) in [6, 6.07) is 2.03. The molecule has 2 bridgehead atoms. The van der Waals surface area contributed by atoms with Crippen LogP contribution in [0, 0.1) is 5.92 Å². The van der Waals surface area contributed by atoms with E-state index in [1.807, 2.05) is 0 Å². The fourth-order valence-corrected chi connectivity index (χ4v) is 3.80. The molecular weight excluding hydrogens is 334 g/mol. The highest BCUT2D eigenvalue weighted by atomic mass is 79.9. The summed E-state index contributed by atoms with van der Waals surface area (Å²) in [6.45, 7) is 3.31. The first-order valence-corrected chi connectivity index (χ1v) is 8.06. The van der Waals surface area contributed by atoms with Crippen LogP contribution in [-0.2, 0) is 0 Å². The van der Waals surface area contributed by atoms with E-state index in [-0.39, 0.29) is 11.9 Å². The SMILES string of the molecule is O=C(N[C@H]1CN2CCC1CC2)c1cc2c(Br)coc2cn1. The van der Waals surface area contributed by atoms with Gasteiger partial charge in [-0.05, 0) is 53.8 Å². The summed E-state index contributed by atoms with van der Waals surface area (Å²) < 4.78 is 6.17. The van der Waals surface area contributed by atoms with Gasteiger partial charge in [0.25, 0.3) is 5.91 Å². The number of furan rings is 1. The van der Waals surface area contributed by atoms with Gasteiger partial charge < -0.3 is 14.6 Å². The van der Waals surface area contributed by atoms with Crippen LogP contribution in [-0.4, -0.2) is 41.5 Å². The zero-order valence-corrected chi connectivity index (χ0v) is 13.1. The van der Waals surface area contributed by atoms with E-state index in [0.29, 0.717) is 17.2 Å². The summed E-state index contributed by atoms with van der Waals surface area (Å²) in [5, 5.41) is 4.03. The van der Waals surface area contributed by atoms with Crippen molar-refractivity contribution in [2.24, 2.45) is 5.92 Å². The Kier molecular flexibility index (Phi) is 3.23. The first-order chi connectivity index (χ1) is 10.2. The van der Waals surface area contributed by atoms with Gasteiger partial charge in [0.15, 0.2) is 5.58 Å². The van der Waals surface area contributed by atoms with Crippen molar-refractivity contribution in [3.05, 3.63) is 28.7 Å². The molecule has 1 N–H and O–H groups in total. The number of hydrogen-bond acceptors (Lipinski definition) is 4. The average molecular weight is 350 g/mol. The van der Waals surface area contributed by atoms with Gasteiger partial charge in [-0.25, -0.2) is 4.98 Å². The number of fused-ring (bicyclic) bond motifs is 4.